The van der Waals surface area contributed by atoms with Gasteiger partial charge in [0.05, 0.1) is 14.6 Å². The van der Waals surface area contributed by atoms with Crippen molar-refractivity contribution in [2.24, 2.45) is 4.99 Å². The molecule has 0 heterocycles. The summed E-state index contributed by atoms with van der Waals surface area (Å²) in [7, 11) is -0.798. The summed E-state index contributed by atoms with van der Waals surface area (Å²) in [4.78, 5) is 4.79. The maximum Gasteiger partial charge on any atom is 0.0936 e. The molecular weight excluding hydrogens is 260 g/mol. The number of nitrogens with zero attached hydrogens (tertiary/aromatic N) is 1. The van der Waals surface area contributed by atoms with Gasteiger partial charge in [-0.2, -0.15) is 0 Å². The fourth-order valence-electron chi connectivity index (χ4n) is 2.12. The van der Waals surface area contributed by atoms with Crippen LogP contribution in [0.4, 0.5) is 0 Å². The van der Waals surface area contributed by atoms with Gasteiger partial charge in [0.1, 0.15) is 0 Å². The van der Waals surface area contributed by atoms with E-state index in [1.165, 1.54) is 57.2 Å². The Morgan fingerprint density at radius 3 is 2.30 bits per heavy atom. The average molecular weight is 297 g/mol. The van der Waals surface area contributed by atoms with Gasteiger partial charge >= 0.3 is 0 Å². The second-order valence-electron chi connectivity index (χ2n) is 5.79. The van der Waals surface area contributed by atoms with Crippen molar-refractivity contribution in [1.82, 2.24) is 5.32 Å². The van der Waals surface area contributed by atoms with Crippen LogP contribution in [0.3, 0.4) is 0 Å². The number of aliphatic imine (C=N–C) groups is 1. The summed E-state index contributed by atoms with van der Waals surface area (Å²) in [6.45, 7) is 12.9. The van der Waals surface area contributed by atoms with Crippen LogP contribution in [0.2, 0.25) is 12.6 Å². The first-order chi connectivity index (χ1) is 9.74. The molecule has 20 heavy (non-hydrogen) atoms. The van der Waals surface area contributed by atoms with Crippen LogP contribution in [0.25, 0.3) is 0 Å². The highest BCUT2D eigenvalue weighted by Crippen LogP contribution is 2.02. The SMILES string of the molecule is C=C[SiH](C)CC(=NCCCCCC)NCCCCCC. The molecule has 1 unspecified atom stereocenters. The smallest absolute Gasteiger partial charge is 0.0936 e. The van der Waals surface area contributed by atoms with Crippen molar-refractivity contribution >= 4 is 14.6 Å². The molecule has 0 rings (SSSR count). The van der Waals surface area contributed by atoms with Gasteiger partial charge in [-0.3, -0.25) is 4.99 Å². The van der Waals surface area contributed by atoms with Gasteiger partial charge in [0.25, 0.3) is 0 Å². The largest absolute Gasteiger partial charge is 0.374 e. The number of amidine groups is 1. The Morgan fingerprint density at radius 2 is 1.70 bits per heavy atom. The van der Waals surface area contributed by atoms with E-state index in [0.717, 1.165) is 19.1 Å². The Hall–Kier alpha value is -0.573. The summed E-state index contributed by atoms with van der Waals surface area (Å²) < 4.78 is 0. The molecule has 0 bridgehead atoms. The van der Waals surface area contributed by atoms with Crippen LogP contribution in [0.15, 0.2) is 17.3 Å². The minimum Gasteiger partial charge on any atom is -0.374 e. The second-order valence-corrected chi connectivity index (χ2v) is 8.63. The van der Waals surface area contributed by atoms with Crippen molar-refractivity contribution in [2.75, 3.05) is 13.1 Å². The highest BCUT2D eigenvalue weighted by atomic mass is 28.3. The van der Waals surface area contributed by atoms with Crippen LogP contribution >= 0.6 is 0 Å². The van der Waals surface area contributed by atoms with Crippen LogP contribution in [0.1, 0.15) is 65.2 Å². The molecule has 0 aliphatic rings. The maximum absolute atomic E-state index is 4.79. The first-order valence-corrected chi connectivity index (χ1v) is 11.3. The third-order valence-corrected chi connectivity index (χ3v) is 5.43. The Morgan fingerprint density at radius 1 is 1.05 bits per heavy atom. The predicted octanol–water partition coefficient (Wildman–Crippen LogP) is 4.72. The van der Waals surface area contributed by atoms with Crippen LogP contribution in [-0.2, 0) is 0 Å². The molecule has 0 aromatic rings. The number of nitrogens with one attached hydrogen (secondary N) is 1. The quantitative estimate of drug-likeness (QED) is 0.226. The van der Waals surface area contributed by atoms with Crippen molar-refractivity contribution in [3.63, 3.8) is 0 Å². The molecule has 0 amide bonds. The Balaban J connectivity index is 3.98. The van der Waals surface area contributed by atoms with Crippen LogP contribution in [0.5, 0.6) is 0 Å². The Labute approximate surface area is 128 Å². The third-order valence-electron chi connectivity index (χ3n) is 3.59. The maximum atomic E-state index is 4.79. The molecular formula is C17H36N2Si. The van der Waals surface area contributed by atoms with E-state index in [2.05, 4.69) is 38.0 Å². The van der Waals surface area contributed by atoms with E-state index in [4.69, 9.17) is 4.99 Å². The molecule has 1 atom stereocenters. The van der Waals surface area contributed by atoms with Gasteiger partial charge in [-0.15, -0.1) is 12.3 Å². The second kappa shape index (κ2) is 14.8. The minimum absolute atomic E-state index is 0.798. The highest BCUT2D eigenvalue weighted by Gasteiger charge is 2.04. The van der Waals surface area contributed by atoms with Crippen molar-refractivity contribution in [3.8, 4) is 0 Å². The first-order valence-electron chi connectivity index (χ1n) is 8.64. The molecule has 0 aromatic carbocycles. The van der Waals surface area contributed by atoms with E-state index < -0.39 is 8.80 Å². The molecule has 2 nitrogen and oxygen atoms in total. The number of rotatable bonds is 13. The lowest BCUT2D eigenvalue weighted by atomic mass is 10.2. The van der Waals surface area contributed by atoms with E-state index in [0.29, 0.717) is 0 Å². The first kappa shape index (κ1) is 19.4. The van der Waals surface area contributed by atoms with E-state index in [9.17, 15) is 0 Å². The monoisotopic (exact) mass is 296 g/mol. The topological polar surface area (TPSA) is 24.4 Å². The Kier molecular flexibility index (Phi) is 14.4. The number of hydrogen-bond donors (Lipinski definition) is 1. The van der Waals surface area contributed by atoms with Crippen LogP contribution in [-0.4, -0.2) is 27.7 Å². The zero-order chi connectivity index (χ0) is 15.1. The van der Waals surface area contributed by atoms with Crippen molar-refractivity contribution in [1.29, 1.82) is 0 Å². The van der Waals surface area contributed by atoms with Gasteiger partial charge < -0.3 is 5.32 Å². The van der Waals surface area contributed by atoms with Gasteiger partial charge in [0.2, 0.25) is 0 Å². The molecule has 118 valence electrons. The molecule has 0 saturated carbocycles. The molecule has 1 N–H and O–H groups in total. The number of hydrogen-bond acceptors (Lipinski definition) is 1. The van der Waals surface area contributed by atoms with E-state index in [1.807, 2.05) is 0 Å². The molecule has 0 aliphatic heterocycles. The highest BCUT2D eigenvalue weighted by molar-refractivity contribution is 6.66. The zero-order valence-electron chi connectivity index (χ0n) is 14.1. The van der Waals surface area contributed by atoms with Crippen LogP contribution in [0, 0.1) is 0 Å². The lowest BCUT2D eigenvalue weighted by molar-refractivity contribution is 0.649. The lowest BCUT2D eigenvalue weighted by Crippen LogP contribution is -2.28. The molecule has 0 fully saturated rings. The minimum atomic E-state index is -0.798. The lowest BCUT2D eigenvalue weighted by Gasteiger charge is -2.12. The predicted molar refractivity (Wildman–Crippen MR) is 96.6 cm³/mol. The molecule has 0 saturated heterocycles. The molecule has 3 heteroatoms. The van der Waals surface area contributed by atoms with Gasteiger partial charge in [-0.05, 0) is 12.8 Å². The van der Waals surface area contributed by atoms with Crippen molar-refractivity contribution < 1.29 is 0 Å². The van der Waals surface area contributed by atoms with E-state index in [1.54, 1.807) is 0 Å². The summed E-state index contributed by atoms with van der Waals surface area (Å²) >= 11 is 0. The fraction of sp³-hybridized carbons (Fsp3) is 0.824. The molecule has 0 spiro atoms. The normalized spacial score (nSPS) is 13.2. The Bertz CT molecular complexity index is 251. The molecule has 0 aromatic heterocycles. The van der Waals surface area contributed by atoms with Gasteiger partial charge in [0, 0.05) is 19.1 Å². The van der Waals surface area contributed by atoms with E-state index >= 15 is 0 Å². The molecule has 0 aliphatic carbocycles. The van der Waals surface area contributed by atoms with Gasteiger partial charge in [-0.25, -0.2) is 0 Å². The van der Waals surface area contributed by atoms with Crippen LogP contribution < -0.4 is 5.32 Å². The van der Waals surface area contributed by atoms with Gasteiger partial charge in [-0.1, -0.05) is 58.9 Å². The summed E-state index contributed by atoms with van der Waals surface area (Å²) in [5.74, 6) is 1.25. The summed E-state index contributed by atoms with van der Waals surface area (Å²) in [5.41, 5.74) is 2.16. The van der Waals surface area contributed by atoms with E-state index in [-0.39, 0.29) is 0 Å². The fourth-order valence-corrected chi connectivity index (χ4v) is 3.17. The van der Waals surface area contributed by atoms with Crippen molar-refractivity contribution in [2.45, 2.75) is 77.8 Å². The summed E-state index contributed by atoms with van der Waals surface area (Å²) in [6, 6.07) is 1.14. The number of unbranched alkanes of at least 4 members (excludes halogenated alkanes) is 6. The molecule has 0 radical (unpaired) electrons. The summed E-state index contributed by atoms with van der Waals surface area (Å²) in [5, 5.41) is 3.57. The van der Waals surface area contributed by atoms with Gasteiger partial charge in [0.15, 0.2) is 0 Å². The summed E-state index contributed by atoms with van der Waals surface area (Å²) in [6.07, 6.45) is 10.5. The standard InChI is InChI=1S/C17H36N2Si/c1-5-8-10-12-14-18-17(16-20(4)7-3)19-15-13-11-9-6-2/h7,20H,3,5-6,8-16H2,1-2,4H3,(H,18,19). The average Bonchev–Trinajstić information content (AvgIpc) is 2.46. The van der Waals surface area contributed by atoms with Crippen molar-refractivity contribution in [3.05, 3.63) is 12.3 Å². The zero-order valence-corrected chi connectivity index (χ0v) is 15.2. The third kappa shape index (κ3) is 12.5.